The molecule has 0 heterocycles. The van der Waals surface area contributed by atoms with E-state index in [9.17, 15) is 0 Å². The van der Waals surface area contributed by atoms with E-state index in [-0.39, 0.29) is 6.04 Å². The third kappa shape index (κ3) is 4.47. The lowest BCUT2D eigenvalue weighted by Crippen LogP contribution is -2.33. The number of benzene rings is 2. The fourth-order valence-electron chi connectivity index (χ4n) is 2.72. The lowest BCUT2D eigenvalue weighted by molar-refractivity contribution is 0.224. The van der Waals surface area contributed by atoms with Gasteiger partial charge in [0, 0.05) is 18.7 Å². The molecule has 0 bridgehead atoms. The van der Waals surface area contributed by atoms with Gasteiger partial charge in [0.05, 0.1) is 7.11 Å². The molecule has 0 amide bonds. The molecule has 0 saturated carbocycles. The first-order valence-electron chi connectivity index (χ1n) is 8.07. The molecular weight excluding hydrogens is 288 g/mol. The molecule has 0 radical (unpaired) electrons. The number of ether oxygens (including phenoxy) is 2. The standard InChI is InChI=1S/C19H26N2O2/c1-4-21(5-2)19(14-20)15-9-11-16(12-10-15)23-18-8-6-7-17(13-18)22-3/h6-13,19H,4-5,14,20H2,1-3H3. The zero-order valence-corrected chi connectivity index (χ0v) is 14.2. The molecule has 1 atom stereocenters. The van der Waals surface area contributed by atoms with Gasteiger partial charge in [0.2, 0.25) is 0 Å². The molecule has 1 unspecified atom stereocenters. The van der Waals surface area contributed by atoms with Crippen LogP contribution < -0.4 is 15.2 Å². The van der Waals surface area contributed by atoms with E-state index in [0.29, 0.717) is 6.54 Å². The van der Waals surface area contributed by atoms with Crippen LogP contribution in [0.3, 0.4) is 0 Å². The third-order valence-electron chi connectivity index (χ3n) is 4.02. The van der Waals surface area contributed by atoms with Crippen LogP contribution >= 0.6 is 0 Å². The molecule has 124 valence electrons. The van der Waals surface area contributed by atoms with Crippen molar-refractivity contribution in [2.24, 2.45) is 5.73 Å². The zero-order chi connectivity index (χ0) is 16.7. The van der Waals surface area contributed by atoms with Crippen molar-refractivity contribution in [2.75, 3.05) is 26.7 Å². The van der Waals surface area contributed by atoms with E-state index in [0.717, 1.165) is 30.3 Å². The molecule has 0 aromatic heterocycles. The lowest BCUT2D eigenvalue weighted by Gasteiger charge is -2.29. The minimum absolute atomic E-state index is 0.246. The van der Waals surface area contributed by atoms with Gasteiger partial charge in [0.25, 0.3) is 0 Å². The molecule has 4 nitrogen and oxygen atoms in total. The van der Waals surface area contributed by atoms with Gasteiger partial charge in [0.15, 0.2) is 0 Å². The SMILES string of the molecule is CCN(CC)C(CN)c1ccc(Oc2cccc(OC)c2)cc1. The Labute approximate surface area is 138 Å². The summed E-state index contributed by atoms with van der Waals surface area (Å²) in [5.41, 5.74) is 7.18. The van der Waals surface area contributed by atoms with Crippen LogP contribution in [0.25, 0.3) is 0 Å². The molecule has 2 rings (SSSR count). The maximum atomic E-state index is 5.96. The monoisotopic (exact) mass is 314 g/mol. The predicted octanol–water partition coefficient (Wildman–Crippen LogP) is 3.83. The van der Waals surface area contributed by atoms with Crippen LogP contribution in [-0.4, -0.2) is 31.6 Å². The first-order chi connectivity index (χ1) is 11.2. The summed E-state index contributed by atoms with van der Waals surface area (Å²) in [5, 5.41) is 0. The Morgan fingerprint density at radius 3 is 2.17 bits per heavy atom. The van der Waals surface area contributed by atoms with E-state index in [1.807, 2.05) is 36.4 Å². The summed E-state index contributed by atoms with van der Waals surface area (Å²) in [6, 6.07) is 16.0. The molecule has 4 heteroatoms. The summed E-state index contributed by atoms with van der Waals surface area (Å²) >= 11 is 0. The Bertz CT molecular complexity index is 595. The highest BCUT2D eigenvalue weighted by molar-refractivity contribution is 5.38. The Morgan fingerprint density at radius 2 is 1.61 bits per heavy atom. The molecular formula is C19H26N2O2. The summed E-state index contributed by atoms with van der Waals surface area (Å²) < 4.78 is 11.1. The van der Waals surface area contributed by atoms with Crippen molar-refractivity contribution in [1.29, 1.82) is 0 Å². The Morgan fingerprint density at radius 1 is 0.957 bits per heavy atom. The van der Waals surface area contributed by atoms with Crippen LogP contribution in [0.5, 0.6) is 17.2 Å². The van der Waals surface area contributed by atoms with E-state index in [1.54, 1.807) is 7.11 Å². The fraction of sp³-hybridized carbons (Fsp3) is 0.368. The molecule has 2 aromatic rings. The Balaban J connectivity index is 2.12. The average Bonchev–Trinajstić information content (AvgIpc) is 2.60. The van der Waals surface area contributed by atoms with Crippen molar-refractivity contribution in [1.82, 2.24) is 4.90 Å². The van der Waals surface area contributed by atoms with Gasteiger partial charge in [-0.3, -0.25) is 4.90 Å². The van der Waals surface area contributed by atoms with E-state index in [4.69, 9.17) is 15.2 Å². The molecule has 0 fully saturated rings. The van der Waals surface area contributed by atoms with Crippen LogP contribution in [0.4, 0.5) is 0 Å². The smallest absolute Gasteiger partial charge is 0.131 e. The molecule has 2 aromatic carbocycles. The number of hydrogen-bond acceptors (Lipinski definition) is 4. The van der Waals surface area contributed by atoms with Crippen LogP contribution in [0, 0.1) is 0 Å². The largest absolute Gasteiger partial charge is 0.497 e. The fourth-order valence-corrected chi connectivity index (χ4v) is 2.72. The minimum Gasteiger partial charge on any atom is -0.497 e. The summed E-state index contributed by atoms with van der Waals surface area (Å²) in [6.07, 6.45) is 0. The maximum absolute atomic E-state index is 5.96. The molecule has 0 spiro atoms. The number of rotatable bonds is 8. The van der Waals surface area contributed by atoms with E-state index in [2.05, 4.69) is 30.9 Å². The highest BCUT2D eigenvalue weighted by atomic mass is 16.5. The van der Waals surface area contributed by atoms with Crippen molar-refractivity contribution >= 4 is 0 Å². The van der Waals surface area contributed by atoms with Gasteiger partial charge in [-0.05, 0) is 42.9 Å². The normalized spacial score (nSPS) is 12.2. The van der Waals surface area contributed by atoms with Crippen LogP contribution in [0.1, 0.15) is 25.5 Å². The van der Waals surface area contributed by atoms with Gasteiger partial charge in [0.1, 0.15) is 17.2 Å². The van der Waals surface area contributed by atoms with Crippen LogP contribution in [0.15, 0.2) is 48.5 Å². The Kier molecular flexibility index (Phi) is 6.44. The molecule has 0 saturated heterocycles. The maximum Gasteiger partial charge on any atom is 0.131 e. The minimum atomic E-state index is 0.246. The molecule has 2 N–H and O–H groups in total. The van der Waals surface area contributed by atoms with E-state index >= 15 is 0 Å². The van der Waals surface area contributed by atoms with Crippen molar-refractivity contribution in [3.05, 3.63) is 54.1 Å². The average molecular weight is 314 g/mol. The summed E-state index contributed by atoms with van der Waals surface area (Å²) in [5.74, 6) is 2.34. The first kappa shape index (κ1) is 17.3. The van der Waals surface area contributed by atoms with Crippen molar-refractivity contribution in [3.63, 3.8) is 0 Å². The number of nitrogens with zero attached hydrogens (tertiary/aromatic N) is 1. The van der Waals surface area contributed by atoms with Gasteiger partial charge in [-0.2, -0.15) is 0 Å². The second-order valence-corrected chi connectivity index (χ2v) is 5.32. The number of methoxy groups -OCH3 is 1. The van der Waals surface area contributed by atoms with Crippen molar-refractivity contribution in [3.8, 4) is 17.2 Å². The second kappa shape index (κ2) is 8.56. The quantitative estimate of drug-likeness (QED) is 0.804. The van der Waals surface area contributed by atoms with E-state index in [1.165, 1.54) is 5.56 Å². The van der Waals surface area contributed by atoms with Gasteiger partial charge < -0.3 is 15.2 Å². The summed E-state index contributed by atoms with van der Waals surface area (Å²) in [6.45, 7) is 6.90. The topological polar surface area (TPSA) is 47.7 Å². The van der Waals surface area contributed by atoms with Crippen LogP contribution in [0.2, 0.25) is 0 Å². The second-order valence-electron chi connectivity index (χ2n) is 5.32. The molecule has 0 aliphatic carbocycles. The lowest BCUT2D eigenvalue weighted by atomic mass is 10.1. The van der Waals surface area contributed by atoms with Gasteiger partial charge in [-0.15, -0.1) is 0 Å². The third-order valence-corrected chi connectivity index (χ3v) is 4.02. The predicted molar refractivity (Wildman–Crippen MR) is 94.2 cm³/mol. The molecule has 23 heavy (non-hydrogen) atoms. The summed E-state index contributed by atoms with van der Waals surface area (Å²) in [7, 11) is 1.65. The molecule has 0 aliphatic rings. The number of hydrogen-bond donors (Lipinski definition) is 1. The van der Waals surface area contributed by atoms with Crippen molar-refractivity contribution in [2.45, 2.75) is 19.9 Å². The summed E-state index contributed by atoms with van der Waals surface area (Å²) in [4.78, 5) is 2.36. The van der Waals surface area contributed by atoms with Gasteiger partial charge in [-0.1, -0.05) is 32.0 Å². The van der Waals surface area contributed by atoms with Gasteiger partial charge >= 0.3 is 0 Å². The molecule has 0 aliphatic heterocycles. The van der Waals surface area contributed by atoms with Crippen LogP contribution in [-0.2, 0) is 0 Å². The first-order valence-corrected chi connectivity index (χ1v) is 8.07. The van der Waals surface area contributed by atoms with Gasteiger partial charge in [-0.25, -0.2) is 0 Å². The van der Waals surface area contributed by atoms with E-state index < -0.39 is 0 Å². The zero-order valence-electron chi connectivity index (χ0n) is 14.2. The number of nitrogens with two attached hydrogens (primary N) is 1. The Hall–Kier alpha value is -2.04. The highest BCUT2D eigenvalue weighted by Crippen LogP contribution is 2.27. The van der Waals surface area contributed by atoms with Crippen molar-refractivity contribution < 1.29 is 9.47 Å². The highest BCUT2D eigenvalue weighted by Gasteiger charge is 2.16. The number of likely N-dealkylation sites (N-methyl/N-ethyl adjacent to an activating group) is 1.